The van der Waals surface area contributed by atoms with E-state index in [1.54, 1.807) is 0 Å². The third-order valence-corrected chi connectivity index (χ3v) is 1.06. The second-order valence-corrected chi connectivity index (χ2v) is 2.32. The fourth-order valence-corrected chi connectivity index (χ4v) is 0.404. The van der Waals surface area contributed by atoms with E-state index in [2.05, 4.69) is 0 Å². The molecule has 0 amide bonds. The van der Waals surface area contributed by atoms with Crippen LogP contribution in [0.4, 0.5) is 0 Å². The molecule has 0 aromatic heterocycles. The van der Waals surface area contributed by atoms with Gasteiger partial charge in [-0.2, -0.15) is 0 Å². The SMILES string of the molecule is CCOC=CC(=O)C(C)C. The third-order valence-electron chi connectivity index (χ3n) is 1.06. The molecule has 0 aliphatic heterocycles. The quantitative estimate of drug-likeness (QED) is 0.441. The lowest BCUT2D eigenvalue weighted by atomic mass is 10.1. The van der Waals surface area contributed by atoms with E-state index in [9.17, 15) is 4.79 Å². The Balaban J connectivity index is 3.56. The zero-order valence-electron chi connectivity index (χ0n) is 6.76. The summed E-state index contributed by atoms with van der Waals surface area (Å²) in [4.78, 5) is 10.9. The van der Waals surface area contributed by atoms with Crippen molar-refractivity contribution in [2.24, 2.45) is 5.92 Å². The molecule has 0 saturated heterocycles. The van der Waals surface area contributed by atoms with Crippen LogP contribution in [0, 0.1) is 5.92 Å². The van der Waals surface area contributed by atoms with E-state index >= 15 is 0 Å². The van der Waals surface area contributed by atoms with Crippen LogP contribution >= 0.6 is 0 Å². The van der Waals surface area contributed by atoms with Gasteiger partial charge in [-0.25, -0.2) is 0 Å². The minimum atomic E-state index is 0.0664. The lowest BCUT2D eigenvalue weighted by Crippen LogP contribution is -2.02. The standard InChI is InChI=1S/C8H14O2/c1-4-10-6-5-8(9)7(2)3/h5-7H,4H2,1-3H3. The minimum absolute atomic E-state index is 0.0664. The van der Waals surface area contributed by atoms with Crippen LogP contribution in [0.5, 0.6) is 0 Å². The monoisotopic (exact) mass is 142 g/mol. The molecule has 0 unspecified atom stereocenters. The summed E-state index contributed by atoms with van der Waals surface area (Å²) in [7, 11) is 0. The molecule has 0 aliphatic rings. The predicted molar refractivity (Wildman–Crippen MR) is 40.6 cm³/mol. The topological polar surface area (TPSA) is 26.3 Å². The molecule has 0 atom stereocenters. The Morgan fingerprint density at radius 1 is 1.60 bits per heavy atom. The first kappa shape index (κ1) is 9.21. The molecule has 2 heteroatoms. The molecular weight excluding hydrogens is 128 g/mol. The maximum atomic E-state index is 10.9. The van der Waals surface area contributed by atoms with Gasteiger partial charge in [0.25, 0.3) is 0 Å². The van der Waals surface area contributed by atoms with Gasteiger partial charge in [-0.05, 0) is 6.92 Å². The first-order chi connectivity index (χ1) is 4.68. The number of ether oxygens (including phenoxy) is 1. The second kappa shape index (κ2) is 5.03. The Labute approximate surface area is 61.9 Å². The Morgan fingerprint density at radius 3 is 2.60 bits per heavy atom. The van der Waals surface area contributed by atoms with Gasteiger partial charge in [0.2, 0.25) is 0 Å². The van der Waals surface area contributed by atoms with E-state index in [-0.39, 0.29) is 11.7 Å². The van der Waals surface area contributed by atoms with Gasteiger partial charge in [0.1, 0.15) is 0 Å². The van der Waals surface area contributed by atoms with E-state index in [1.165, 1.54) is 12.3 Å². The summed E-state index contributed by atoms with van der Waals surface area (Å²) in [6.45, 7) is 6.21. The Morgan fingerprint density at radius 2 is 2.20 bits per heavy atom. The molecule has 0 rings (SSSR count). The second-order valence-electron chi connectivity index (χ2n) is 2.32. The first-order valence-corrected chi connectivity index (χ1v) is 3.50. The van der Waals surface area contributed by atoms with Crippen LogP contribution < -0.4 is 0 Å². The zero-order chi connectivity index (χ0) is 7.98. The van der Waals surface area contributed by atoms with Crippen LogP contribution in [0.25, 0.3) is 0 Å². The van der Waals surface area contributed by atoms with Crippen molar-refractivity contribution in [2.75, 3.05) is 6.61 Å². The molecule has 0 aliphatic carbocycles. The molecule has 0 saturated carbocycles. The highest BCUT2D eigenvalue weighted by Gasteiger charge is 2.00. The summed E-state index contributed by atoms with van der Waals surface area (Å²) in [5, 5.41) is 0. The van der Waals surface area contributed by atoms with E-state index < -0.39 is 0 Å². The van der Waals surface area contributed by atoms with Crippen LogP contribution in [0.1, 0.15) is 20.8 Å². The number of allylic oxidation sites excluding steroid dienone is 1. The Hall–Kier alpha value is -0.790. The van der Waals surface area contributed by atoms with Crippen molar-refractivity contribution in [1.82, 2.24) is 0 Å². The molecule has 0 heterocycles. The van der Waals surface area contributed by atoms with E-state index in [1.807, 2.05) is 20.8 Å². The predicted octanol–water partition coefficient (Wildman–Crippen LogP) is 1.76. The summed E-state index contributed by atoms with van der Waals surface area (Å²) in [6, 6.07) is 0. The average molecular weight is 142 g/mol. The fraction of sp³-hybridized carbons (Fsp3) is 0.625. The Bertz CT molecular complexity index is 125. The van der Waals surface area contributed by atoms with Crippen LogP contribution in [0.3, 0.4) is 0 Å². The van der Waals surface area contributed by atoms with Gasteiger partial charge in [0.05, 0.1) is 12.9 Å². The molecule has 58 valence electrons. The van der Waals surface area contributed by atoms with Gasteiger partial charge >= 0.3 is 0 Å². The largest absolute Gasteiger partial charge is 0.501 e. The molecule has 0 aromatic carbocycles. The van der Waals surface area contributed by atoms with Crippen molar-refractivity contribution in [3.05, 3.63) is 12.3 Å². The summed E-state index contributed by atoms with van der Waals surface area (Å²) in [5.74, 6) is 0.171. The highest BCUT2D eigenvalue weighted by atomic mass is 16.5. The van der Waals surface area contributed by atoms with E-state index in [0.29, 0.717) is 6.61 Å². The summed E-state index contributed by atoms with van der Waals surface area (Å²) < 4.78 is 4.85. The normalized spacial score (nSPS) is 10.8. The van der Waals surface area contributed by atoms with Crippen molar-refractivity contribution >= 4 is 5.78 Å². The third kappa shape index (κ3) is 4.13. The Kier molecular flexibility index (Phi) is 4.63. The number of hydrogen-bond donors (Lipinski definition) is 0. The molecular formula is C8H14O2. The van der Waals surface area contributed by atoms with Crippen molar-refractivity contribution in [3.8, 4) is 0 Å². The number of ketones is 1. The molecule has 0 radical (unpaired) electrons. The van der Waals surface area contributed by atoms with Gasteiger partial charge in [-0.15, -0.1) is 0 Å². The first-order valence-electron chi connectivity index (χ1n) is 3.50. The highest BCUT2D eigenvalue weighted by molar-refractivity contribution is 5.90. The van der Waals surface area contributed by atoms with E-state index in [0.717, 1.165) is 0 Å². The zero-order valence-corrected chi connectivity index (χ0v) is 6.76. The van der Waals surface area contributed by atoms with Crippen molar-refractivity contribution in [1.29, 1.82) is 0 Å². The number of hydrogen-bond acceptors (Lipinski definition) is 2. The van der Waals surface area contributed by atoms with Crippen LogP contribution in [0.15, 0.2) is 12.3 Å². The molecule has 0 spiro atoms. The van der Waals surface area contributed by atoms with Gasteiger partial charge in [0.15, 0.2) is 5.78 Å². The van der Waals surface area contributed by atoms with Crippen LogP contribution in [-0.2, 0) is 9.53 Å². The van der Waals surface area contributed by atoms with Gasteiger partial charge in [-0.1, -0.05) is 13.8 Å². The van der Waals surface area contributed by atoms with Crippen molar-refractivity contribution in [3.63, 3.8) is 0 Å². The van der Waals surface area contributed by atoms with Gasteiger partial charge in [-0.3, -0.25) is 4.79 Å². The fourth-order valence-electron chi connectivity index (χ4n) is 0.404. The summed E-state index contributed by atoms with van der Waals surface area (Å²) in [5.41, 5.74) is 0. The van der Waals surface area contributed by atoms with Crippen molar-refractivity contribution < 1.29 is 9.53 Å². The van der Waals surface area contributed by atoms with E-state index in [4.69, 9.17) is 4.74 Å². The average Bonchev–Trinajstić information content (AvgIpc) is 1.88. The lowest BCUT2D eigenvalue weighted by Gasteiger charge is -1.96. The smallest absolute Gasteiger partial charge is 0.161 e. The van der Waals surface area contributed by atoms with Gasteiger partial charge in [0, 0.05) is 12.0 Å². The van der Waals surface area contributed by atoms with Crippen LogP contribution in [-0.4, -0.2) is 12.4 Å². The molecule has 0 N–H and O–H groups in total. The molecule has 0 aromatic rings. The number of carbonyl (C=O) groups excluding carboxylic acids is 1. The summed E-state index contributed by atoms with van der Waals surface area (Å²) >= 11 is 0. The number of rotatable bonds is 4. The maximum absolute atomic E-state index is 10.9. The van der Waals surface area contributed by atoms with Crippen molar-refractivity contribution in [2.45, 2.75) is 20.8 Å². The maximum Gasteiger partial charge on any atom is 0.161 e. The van der Waals surface area contributed by atoms with Gasteiger partial charge < -0.3 is 4.74 Å². The minimum Gasteiger partial charge on any atom is -0.501 e. The lowest BCUT2D eigenvalue weighted by molar-refractivity contribution is -0.117. The number of carbonyl (C=O) groups is 1. The molecule has 0 fully saturated rings. The molecule has 0 bridgehead atoms. The van der Waals surface area contributed by atoms with Crippen LogP contribution in [0.2, 0.25) is 0 Å². The summed E-state index contributed by atoms with van der Waals surface area (Å²) in [6.07, 6.45) is 2.91. The highest BCUT2D eigenvalue weighted by Crippen LogP contribution is 1.94. The molecule has 2 nitrogen and oxygen atoms in total. The molecule has 10 heavy (non-hydrogen) atoms.